The summed E-state index contributed by atoms with van der Waals surface area (Å²) in [4.78, 5) is 5.25. The second kappa shape index (κ2) is 7.02. The Morgan fingerprint density at radius 2 is 1.53 bits per heavy atom. The van der Waals surface area contributed by atoms with E-state index in [1.807, 2.05) is 0 Å². The molecule has 0 unspecified atom stereocenters. The topological polar surface area (TPSA) is 24.9 Å². The predicted molar refractivity (Wildman–Crippen MR) is 75.2 cm³/mol. The third-order valence-corrected chi connectivity index (χ3v) is 4.78. The summed E-state index contributed by atoms with van der Waals surface area (Å²) < 4.78 is 11.5. The van der Waals surface area contributed by atoms with Crippen molar-refractivity contribution in [2.45, 2.75) is 50.9 Å². The van der Waals surface area contributed by atoms with Gasteiger partial charge in [-0.05, 0) is 45.3 Å². The van der Waals surface area contributed by atoms with Crippen molar-refractivity contribution in [3.8, 4) is 0 Å². The zero-order valence-electron chi connectivity index (χ0n) is 12.1. The summed E-state index contributed by atoms with van der Waals surface area (Å²) in [6.07, 6.45) is 8.15. The number of piperidine rings is 2. The van der Waals surface area contributed by atoms with Crippen LogP contribution in [-0.4, -0.2) is 68.1 Å². The molecule has 3 aliphatic rings. The van der Waals surface area contributed by atoms with Gasteiger partial charge in [-0.15, -0.1) is 0 Å². The third-order valence-electron chi connectivity index (χ3n) is 4.78. The van der Waals surface area contributed by atoms with E-state index >= 15 is 0 Å². The maximum atomic E-state index is 5.74. The number of hydrogen-bond donors (Lipinski definition) is 0. The lowest BCUT2D eigenvalue weighted by atomic mass is 10.0. The molecule has 0 aliphatic carbocycles. The van der Waals surface area contributed by atoms with Crippen LogP contribution in [0.1, 0.15) is 38.5 Å². The number of rotatable bonds is 4. The number of nitrogens with zero attached hydrogens (tertiary/aromatic N) is 2. The number of likely N-dealkylation sites (tertiary alicyclic amines) is 2. The first-order valence-corrected chi connectivity index (χ1v) is 8.13. The Morgan fingerprint density at radius 3 is 2.32 bits per heavy atom. The second-order valence-corrected chi connectivity index (χ2v) is 6.11. The van der Waals surface area contributed by atoms with Crippen LogP contribution in [0, 0.1) is 0 Å². The Hall–Kier alpha value is -0.160. The lowest BCUT2D eigenvalue weighted by molar-refractivity contribution is -0.110. The molecule has 3 rings (SSSR count). The minimum Gasteiger partial charge on any atom is -0.349 e. The van der Waals surface area contributed by atoms with E-state index in [1.165, 1.54) is 71.2 Å². The predicted octanol–water partition coefficient (Wildman–Crippen LogP) is 1.70. The molecule has 0 spiro atoms. The molecule has 0 bridgehead atoms. The summed E-state index contributed by atoms with van der Waals surface area (Å²) in [5.74, 6) is 0. The minimum atomic E-state index is 0.0432. The van der Waals surface area contributed by atoms with Gasteiger partial charge in [-0.3, -0.25) is 4.90 Å². The zero-order chi connectivity index (χ0) is 12.9. The molecule has 110 valence electrons. The highest BCUT2D eigenvalue weighted by molar-refractivity contribution is 4.82. The molecule has 3 saturated heterocycles. The molecule has 3 heterocycles. The average Bonchev–Trinajstić information content (AvgIpc) is 3.01. The molecule has 0 radical (unpaired) electrons. The molecule has 3 aliphatic heterocycles. The van der Waals surface area contributed by atoms with Gasteiger partial charge in [0.05, 0.1) is 19.3 Å². The van der Waals surface area contributed by atoms with Crippen LogP contribution in [0.5, 0.6) is 0 Å². The molecular formula is C15H28N2O2. The second-order valence-electron chi connectivity index (χ2n) is 6.11. The Labute approximate surface area is 117 Å². The minimum absolute atomic E-state index is 0.0432. The molecule has 19 heavy (non-hydrogen) atoms. The van der Waals surface area contributed by atoms with Crippen molar-refractivity contribution in [3.63, 3.8) is 0 Å². The fraction of sp³-hybridized carbons (Fsp3) is 1.00. The molecule has 0 amide bonds. The molecule has 0 saturated carbocycles. The van der Waals surface area contributed by atoms with Crippen LogP contribution in [0.2, 0.25) is 0 Å². The smallest absolute Gasteiger partial charge is 0.173 e. The van der Waals surface area contributed by atoms with Crippen molar-refractivity contribution < 1.29 is 9.47 Å². The van der Waals surface area contributed by atoms with Crippen molar-refractivity contribution in [2.75, 3.05) is 45.9 Å². The van der Waals surface area contributed by atoms with E-state index in [0.717, 1.165) is 13.2 Å². The first kappa shape index (κ1) is 13.8. The molecule has 1 atom stereocenters. The summed E-state index contributed by atoms with van der Waals surface area (Å²) in [6, 6.07) is 0.501. The summed E-state index contributed by atoms with van der Waals surface area (Å²) in [5, 5.41) is 0. The highest BCUT2D eigenvalue weighted by atomic mass is 16.7. The number of hydrogen-bond acceptors (Lipinski definition) is 4. The number of ether oxygens (including phenoxy) is 2. The highest BCUT2D eigenvalue weighted by Crippen LogP contribution is 2.24. The van der Waals surface area contributed by atoms with E-state index < -0.39 is 0 Å². The van der Waals surface area contributed by atoms with Gasteiger partial charge >= 0.3 is 0 Å². The summed E-state index contributed by atoms with van der Waals surface area (Å²) in [7, 11) is 0. The molecule has 3 fully saturated rings. The molecule has 4 nitrogen and oxygen atoms in total. The van der Waals surface area contributed by atoms with Crippen molar-refractivity contribution in [3.05, 3.63) is 0 Å². The van der Waals surface area contributed by atoms with Crippen LogP contribution in [0.15, 0.2) is 0 Å². The van der Waals surface area contributed by atoms with Gasteiger partial charge in [0.2, 0.25) is 0 Å². The van der Waals surface area contributed by atoms with Crippen LogP contribution < -0.4 is 0 Å². The summed E-state index contributed by atoms with van der Waals surface area (Å²) in [5.41, 5.74) is 0. The first-order valence-electron chi connectivity index (χ1n) is 8.13. The van der Waals surface area contributed by atoms with Gasteiger partial charge in [0.15, 0.2) is 6.29 Å². The summed E-state index contributed by atoms with van der Waals surface area (Å²) in [6.45, 7) is 7.80. The quantitative estimate of drug-likeness (QED) is 0.775. The standard InChI is InChI=1S/C15H28N2O2/c1-3-7-16(8-4-1)10-11-17-9-5-2-6-14(17)15-18-12-13-19-15/h14-15H,1-13H2/t14-/m0/s1. The molecule has 0 aromatic carbocycles. The molecule has 0 aromatic heterocycles. The van der Waals surface area contributed by atoms with E-state index in [4.69, 9.17) is 9.47 Å². The summed E-state index contributed by atoms with van der Waals surface area (Å²) >= 11 is 0. The fourth-order valence-electron chi connectivity index (χ4n) is 3.65. The van der Waals surface area contributed by atoms with Crippen LogP contribution in [0.4, 0.5) is 0 Å². The van der Waals surface area contributed by atoms with Gasteiger partial charge in [-0.2, -0.15) is 0 Å². The van der Waals surface area contributed by atoms with Gasteiger partial charge in [-0.25, -0.2) is 0 Å². The first-order chi connectivity index (χ1) is 9.43. The Morgan fingerprint density at radius 1 is 0.789 bits per heavy atom. The molecule has 0 N–H and O–H groups in total. The molecule has 4 heteroatoms. The van der Waals surface area contributed by atoms with Crippen LogP contribution in [0.25, 0.3) is 0 Å². The van der Waals surface area contributed by atoms with E-state index in [-0.39, 0.29) is 6.29 Å². The van der Waals surface area contributed by atoms with Crippen molar-refractivity contribution in [1.29, 1.82) is 0 Å². The van der Waals surface area contributed by atoms with Gasteiger partial charge in [0.1, 0.15) is 0 Å². The fourth-order valence-corrected chi connectivity index (χ4v) is 3.65. The Bertz CT molecular complexity index is 263. The van der Waals surface area contributed by atoms with Crippen LogP contribution in [0.3, 0.4) is 0 Å². The van der Waals surface area contributed by atoms with Crippen LogP contribution in [-0.2, 0) is 9.47 Å². The maximum absolute atomic E-state index is 5.74. The molecular weight excluding hydrogens is 240 g/mol. The third kappa shape index (κ3) is 3.69. The van der Waals surface area contributed by atoms with Gasteiger partial charge < -0.3 is 14.4 Å². The Kier molecular flexibility index (Phi) is 5.10. The van der Waals surface area contributed by atoms with Crippen molar-refractivity contribution in [1.82, 2.24) is 9.80 Å². The van der Waals surface area contributed by atoms with Gasteiger partial charge in [0, 0.05) is 13.1 Å². The lowest BCUT2D eigenvalue weighted by Gasteiger charge is -2.39. The van der Waals surface area contributed by atoms with Gasteiger partial charge in [-0.1, -0.05) is 12.8 Å². The van der Waals surface area contributed by atoms with Gasteiger partial charge in [0.25, 0.3) is 0 Å². The van der Waals surface area contributed by atoms with E-state index in [9.17, 15) is 0 Å². The van der Waals surface area contributed by atoms with Crippen molar-refractivity contribution >= 4 is 0 Å². The largest absolute Gasteiger partial charge is 0.349 e. The van der Waals surface area contributed by atoms with Crippen LogP contribution >= 0.6 is 0 Å². The lowest BCUT2D eigenvalue weighted by Crippen LogP contribution is -2.50. The van der Waals surface area contributed by atoms with E-state index in [0.29, 0.717) is 6.04 Å². The normalized spacial score (nSPS) is 31.9. The zero-order valence-corrected chi connectivity index (χ0v) is 12.1. The van der Waals surface area contributed by atoms with Crippen molar-refractivity contribution in [2.24, 2.45) is 0 Å². The molecule has 0 aromatic rings. The Balaban J connectivity index is 1.48. The van der Waals surface area contributed by atoms with E-state index in [1.54, 1.807) is 0 Å². The SMILES string of the molecule is C1CCN(CCN2CCCC[C@H]2C2OCCO2)CC1. The maximum Gasteiger partial charge on any atom is 0.173 e. The highest BCUT2D eigenvalue weighted by Gasteiger charge is 2.33. The monoisotopic (exact) mass is 268 g/mol. The average molecular weight is 268 g/mol. The van der Waals surface area contributed by atoms with E-state index in [2.05, 4.69) is 9.80 Å².